The van der Waals surface area contributed by atoms with Gasteiger partial charge in [-0.15, -0.1) is 0 Å². The molecule has 0 spiro atoms. The lowest BCUT2D eigenvalue weighted by molar-refractivity contribution is 0.409. The van der Waals surface area contributed by atoms with E-state index in [9.17, 15) is 0 Å². The van der Waals surface area contributed by atoms with Gasteiger partial charge in [0.05, 0.1) is 7.11 Å². The van der Waals surface area contributed by atoms with Crippen LogP contribution in [0, 0.1) is 0 Å². The van der Waals surface area contributed by atoms with Crippen molar-refractivity contribution in [2.24, 2.45) is 0 Å². The average molecular weight is 326 g/mol. The van der Waals surface area contributed by atoms with Crippen molar-refractivity contribution in [3.05, 3.63) is 64.7 Å². The summed E-state index contributed by atoms with van der Waals surface area (Å²) in [4.78, 5) is 0.231. The summed E-state index contributed by atoms with van der Waals surface area (Å²) in [6.45, 7) is 0. The Bertz CT molecular complexity index is 510. The van der Waals surface area contributed by atoms with Gasteiger partial charge in [0, 0.05) is 15.4 Å². The van der Waals surface area contributed by atoms with Crippen molar-refractivity contribution in [2.75, 3.05) is 7.11 Å². The highest BCUT2D eigenvalue weighted by Gasteiger charge is 2.12. The van der Waals surface area contributed by atoms with Crippen molar-refractivity contribution >= 4 is 27.5 Å². The van der Waals surface area contributed by atoms with E-state index in [1.54, 1.807) is 7.11 Å². The van der Waals surface area contributed by atoms with Gasteiger partial charge in [-0.3, -0.25) is 0 Å². The second-order valence-electron chi connectivity index (χ2n) is 4.04. The maximum atomic E-state index is 5.88. The average Bonchev–Trinajstić information content (AvgIpc) is 2.41. The maximum absolute atomic E-state index is 5.88. The SMILES string of the molecule is COc1ccccc1C(Br)Cc1ccc(Cl)cc1. The van der Waals surface area contributed by atoms with Gasteiger partial charge < -0.3 is 4.74 Å². The third-order valence-electron chi connectivity index (χ3n) is 2.80. The number of ether oxygens (including phenoxy) is 1. The number of hydrogen-bond acceptors (Lipinski definition) is 1. The molecule has 0 aliphatic carbocycles. The zero-order valence-corrected chi connectivity index (χ0v) is 12.4. The predicted octanol–water partition coefficient (Wildman–Crippen LogP) is 5.03. The molecule has 1 unspecified atom stereocenters. The first-order chi connectivity index (χ1) is 8.70. The standard InChI is InChI=1S/C15H14BrClO/c1-18-15-5-3-2-4-13(15)14(16)10-11-6-8-12(17)9-7-11/h2-9,14H,10H2,1H3. The molecule has 0 heterocycles. The van der Waals surface area contributed by atoms with E-state index in [1.165, 1.54) is 5.56 Å². The molecule has 2 rings (SSSR count). The fourth-order valence-electron chi connectivity index (χ4n) is 1.86. The molecule has 0 saturated heterocycles. The molecule has 0 N–H and O–H groups in total. The fourth-order valence-corrected chi connectivity index (χ4v) is 2.74. The molecule has 0 saturated carbocycles. The van der Waals surface area contributed by atoms with Crippen LogP contribution < -0.4 is 4.74 Å². The highest BCUT2D eigenvalue weighted by Crippen LogP contribution is 2.33. The summed E-state index contributed by atoms with van der Waals surface area (Å²) in [7, 11) is 1.70. The van der Waals surface area contributed by atoms with Gasteiger partial charge in [-0.25, -0.2) is 0 Å². The van der Waals surface area contributed by atoms with E-state index >= 15 is 0 Å². The van der Waals surface area contributed by atoms with Crippen molar-refractivity contribution in [3.8, 4) is 5.75 Å². The van der Waals surface area contributed by atoms with Crippen LogP contribution in [0.4, 0.5) is 0 Å². The van der Waals surface area contributed by atoms with Crippen LogP contribution in [0.3, 0.4) is 0 Å². The quantitative estimate of drug-likeness (QED) is 0.717. The van der Waals surface area contributed by atoms with E-state index in [0.29, 0.717) is 0 Å². The first-order valence-electron chi connectivity index (χ1n) is 5.72. The van der Waals surface area contributed by atoms with Gasteiger partial charge in [0.15, 0.2) is 0 Å². The van der Waals surface area contributed by atoms with Crippen LogP contribution >= 0.6 is 27.5 Å². The molecule has 0 aromatic heterocycles. The van der Waals surface area contributed by atoms with Gasteiger partial charge in [-0.1, -0.05) is 57.9 Å². The maximum Gasteiger partial charge on any atom is 0.123 e. The number of methoxy groups -OCH3 is 1. The Balaban J connectivity index is 2.16. The van der Waals surface area contributed by atoms with Crippen LogP contribution in [-0.4, -0.2) is 7.11 Å². The first kappa shape index (κ1) is 13.4. The number of para-hydroxylation sites is 1. The molecule has 1 nitrogen and oxygen atoms in total. The molecule has 2 aromatic rings. The van der Waals surface area contributed by atoms with Crippen LogP contribution in [0.5, 0.6) is 5.75 Å². The minimum Gasteiger partial charge on any atom is -0.496 e. The summed E-state index contributed by atoms with van der Waals surface area (Å²) in [6.07, 6.45) is 0.900. The van der Waals surface area contributed by atoms with Gasteiger partial charge in [0.2, 0.25) is 0 Å². The lowest BCUT2D eigenvalue weighted by atomic mass is 10.0. The molecule has 0 aliphatic rings. The summed E-state index contributed by atoms with van der Waals surface area (Å²) in [5.41, 5.74) is 2.40. The van der Waals surface area contributed by atoms with Crippen LogP contribution in [0.2, 0.25) is 5.02 Å². The zero-order chi connectivity index (χ0) is 13.0. The van der Waals surface area contributed by atoms with Crippen LogP contribution in [-0.2, 0) is 6.42 Å². The predicted molar refractivity (Wildman–Crippen MR) is 79.8 cm³/mol. The molecule has 18 heavy (non-hydrogen) atoms. The minimum atomic E-state index is 0.231. The largest absolute Gasteiger partial charge is 0.496 e. The molecule has 94 valence electrons. The Kier molecular flexibility index (Phi) is 4.67. The van der Waals surface area contributed by atoms with E-state index in [2.05, 4.69) is 22.0 Å². The van der Waals surface area contributed by atoms with Crippen molar-refractivity contribution in [1.29, 1.82) is 0 Å². The number of rotatable bonds is 4. The monoisotopic (exact) mass is 324 g/mol. The highest BCUT2D eigenvalue weighted by molar-refractivity contribution is 9.09. The molecule has 2 aromatic carbocycles. The molecular formula is C15H14BrClO. The lowest BCUT2D eigenvalue weighted by Gasteiger charge is -2.14. The van der Waals surface area contributed by atoms with Gasteiger partial charge in [-0.05, 0) is 30.2 Å². The molecular weight excluding hydrogens is 312 g/mol. The van der Waals surface area contributed by atoms with E-state index in [-0.39, 0.29) is 4.83 Å². The van der Waals surface area contributed by atoms with E-state index in [4.69, 9.17) is 16.3 Å². The molecule has 0 fully saturated rings. The number of benzene rings is 2. The van der Waals surface area contributed by atoms with Crippen molar-refractivity contribution in [3.63, 3.8) is 0 Å². The number of alkyl halides is 1. The van der Waals surface area contributed by atoms with Gasteiger partial charge in [-0.2, -0.15) is 0 Å². The second kappa shape index (κ2) is 6.26. The molecule has 0 bridgehead atoms. The van der Waals surface area contributed by atoms with E-state index < -0.39 is 0 Å². The molecule has 3 heteroatoms. The van der Waals surface area contributed by atoms with Crippen molar-refractivity contribution in [1.82, 2.24) is 0 Å². The molecule has 0 aliphatic heterocycles. The normalized spacial score (nSPS) is 12.2. The zero-order valence-electron chi connectivity index (χ0n) is 10.1. The Morgan fingerprint density at radius 1 is 1.11 bits per heavy atom. The van der Waals surface area contributed by atoms with Gasteiger partial charge in [0.1, 0.15) is 5.75 Å². The van der Waals surface area contributed by atoms with E-state index in [1.807, 2.05) is 42.5 Å². The Labute approximate surface area is 121 Å². The summed E-state index contributed by atoms with van der Waals surface area (Å²) < 4.78 is 5.37. The Morgan fingerprint density at radius 2 is 1.78 bits per heavy atom. The number of halogens is 2. The van der Waals surface area contributed by atoms with Crippen molar-refractivity contribution < 1.29 is 4.74 Å². The Hall–Kier alpha value is -0.990. The summed E-state index contributed by atoms with van der Waals surface area (Å²) >= 11 is 9.60. The van der Waals surface area contributed by atoms with Crippen molar-refractivity contribution in [2.45, 2.75) is 11.2 Å². The third kappa shape index (κ3) is 3.27. The molecule has 0 amide bonds. The van der Waals surface area contributed by atoms with Gasteiger partial charge in [0.25, 0.3) is 0 Å². The minimum absolute atomic E-state index is 0.231. The van der Waals surface area contributed by atoms with Crippen LogP contribution in [0.1, 0.15) is 16.0 Å². The van der Waals surface area contributed by atoms with E-state index in [0.717, 1.165) is 22.8 Å². The third-order valence-corrected chi connectivity index (χ3v) is 3.87. The van der Waals surface area contributed by atoms with Crippen LogP contribution in [0.15, 0.2) is 48.5 Å². The smallest absolute Gasteiger partial charge is 0.123 e. The summed E-state index contributed by atoms with van der Waals surface area (Å²) in [5.74, 6) is 0.910. The highest BCUT2D eigenvalue weighted by atomic mass is 79.9. The summed E-state index contributed by atoms with van der Waals surface area (Å²) in [5, 5.41) is 0.766. The Morgan fingerprint density at radius 3 is 2.44 bits per heavy atom. The molecule has 1 atom stereocenters. The lowest BCUT2D eigenvalue weighted by Crippen LogP contribution is -1.98. The number of hydrogen-bond donors (Lipinski definition) is 0. The van der Waals surface area contributed by atoms with Crippen LogP contribution in [0.25, 0.3) is 0 Å². The first-order valence-corrected chi connectivity index (χ1v) is 7.01. The van der Waals surface area contributed by atoms with Gasteiger partial charge >= 0.3 is 0 Å². The molecule has 0 radical (unpaired) electrons. The summed E-state index contributed by atoms with van der Waals surface area (Å²) in [6, 6.07) is 16.0. The topological polar surface area (TPSA) is 9.23 Å². The second-order valence-corrected chi connectivity index (χ2v) is 5.58. The fraction of sp³-hybridized carbons (Fsp3) is 0.200.